The molecule has 0 amide bonds. The molecule has 2 rings (SSSR count). The molecule has 0 aromatic carbocycles. The summed E-state index contributed by atoms with van der Waals surface area (Å²) in [5, 5.41) is 9.56. The number of aliphatic carboxylic acids is 1. The van der Waals surface area contributed by atoms with Crippen LogP contribution in [0.25, 0.3) is 0 Å². The van der Waals surface area contributed by atoms with Crippen LogP contribution < -0.4 is 0 Å². The van der Waals surface area contributed by atoms with Crippen molar-refractivity contribution in [3.8, 4) is 0 Å². The van der Waals surface area contributed by atoms with Crippen molar-refractivity contribution in [2.75, 3.05) is 5.75 Å². The summed E-state index contributed by atoms with van der Waals surface area (Å²) in [6.07, 6.45) is 5.52. The molecule has 5 heteroatoms. The van der Waals surface area contributed by atoms with Crippen molar-refractivity contribution in [1.82, 2.24) is 9.55 Å². The highest BCUT2D eigenvalue weighted by molar-refractivity contribution is 7.99. The number of hydrogen-bond acceptors (Lipinski definition) is 3. The Bertz CT molecular complexity index is 417. The number of hydrogen-bond donors (Lipinski definition) is 1. The van der Waals surface area contributed by atoms with E-state index in [4.69, 9.17) is 5.11 Å². The molecule has 0 spiro atoms. The van der Waals surface area contributed by atoms with Crippen LogP contribution in [0.5, 0.6) is 0 Å². The van der Waals surface area contributed by atoms with Crippen molar-refractivity contribution in [2.45, 2.75) is 44.3 Å². The molecule has 0 bridgehead atoms. The van der Waals surface area contributed by atoms with E-state index in [1.54, 1.807) is 0 Å². The van der Waals surface area contributed by atoms with Gasteiger partial charge >= 0.3 is 5.97 Å². The molecule has 4 nitrogen and oxygen atoms in total. The summed E-state index contributed by atoms with van der Waals surface area (Å²) >= 11 is 1.32. The number of thioether (sulfide) groups is 1. The fourth-order valence-electron chi connectivity index (χ4n) is 2.29. The Morgan fingerprint density at radius 2 is 2.47 bits per heavy atom. The smallest absolute Gasteiger partial charge is 0.313 e. The van der Waals surface area contributed by atoms with E-state index in [-0.39, 0.29) is 5.75 Å². The van der Waals surface area contributed by atoms with Gasteiger partial charge in [-0.15, -0.1) is 0 Å². The first-order valence-electron chi connectivity index (χ1n) is 6.02. The lowest BCUT2D eigenvalue weighted by molar-refractivity contribution is -0.133. The summed E-state index contributed by atoms with van der Waals surface area (Å²) in [5.74, 6) is 0.0573. The highest BCUT2D eigenvalue weighted by Gasteiger charge is 2.39. The van der Waals surface area contributed by atoms with E-state index in [0.717, 1.165) is 16.8 Å². The van der Waals surface area contributed by atoms with Crippen molar-refractivity contribution in [2.24, 2.45) is 5.92 Å². The van der Waals surface area contributed by atoms with Crippen LogP contribution in [0.3, 0.4) is 0 Å². The summed E-state index contributed by atoms with van der Waals surface area (Å²) in [5.41, 5.74) is 1.14. The number of aryl methyl sites for hydroxylation is 1. The molecule has 1 N–H and O–H groups in total. The van der Waals surface area contributed by atoms with Crippen LogP contribution in [0.2, 0.25) is 0 Å². The zero-order valence-corrected chi connectivity index (χ0v) is 11.0. The van der Waals surface area contributed by atoms with Gasteiger partial charge in [-0.05, 0) is 25.7 Å². The highest BCUT2D eigenvalue weighted by atomic mass is 32.2. The van der Waals surface area contributed by atoms with Gasteiger partial charge in [0.05, 0.1) is 5.75 Å². The number of aromatic nitrogens is 2. The van der Waals surface area contributed by atoms with E-state index in [2.05, 4.69) is 16.5 Å². The minimum atomic E-state index is -0.789. The topological polar surface area (TPSA) is 55.1 Å². The molecule has 1 fully saturated rings. The van der Waals surface area contributed by atoms with Crippen molar-refractivity contribution in [3.63, 3.8) is 0 Å². The van der Waals surface area contributed by atoms with E-state index in [1.807, 2.05) is 13.1 Å². The molecule has 1 heterocycles. The normalized spacial score (nSPS) is 22.7. The second-order valence-electron chi connectivity index (χ2n) is 4.59. The zero-order chi connectivity index (χ0) is 12.4. The Labute approximate surface area is 105 Å². The Morgan fingerprint density at radius 3 is 3.12 bits per heavy atom. The summed E-state index contributed by atoms with van der Waals surface area (Å²) < 4.78 is 2.22. The van der Waals surface area contributed by atoms with Crippen molar-refractivity contribution >= 4 is 17.7 Å². The van der Waals surface area contributed by atoms with Gasteiger partial charge in [0.25, 0.3) is 0 Å². The standard InChI is InChI=1S/C12H18N2O2S/c1-3-4-9-5-10(9)14-8(2)6-13-12(14)17-7-11(15)16/h6,9-10H,3-5,7H2,1-2H3,(H,15,16). The molecule has 2 unspecified atom stereocenters. The fraction of sp³-hybridized carbons (Fsp3) is 0.667. The largest absolute Gasteiger partial charge is 0.481 e. The monoisotopic (exact) mass is 254 g/mol. The molecule has 17 heavy (non-hydrogen) atoms. The highest BCUT2D eigenvalue weighted by Crippen LogP contribution is 2.48. The van der Waals surface area contributed by atoms with Crippen LogP contribution in [0.4, 0.5) is 0 Å². The molecule has 1 aliphatic rings. The van der Waals surface area contributed by atoms with Crippen LogP contribution >= 0.6 is 11.8 Å². The van der Waals surface area contributed by atoms with Crippen molar-refractivity contribution < 1.29 is 9.90 Å². The molecule has 0 radical (unpaired) electrons. The van der Waals surface area contributed by atoms with Gasteiger partial charge in [-0.2, -0.15) is 0 Å². The molecule has 1 aliphatic carbocycles. The van der Waals surface area contributed by atoms with Gasteiger partial charge < -0.3 is 9.67 Å². The first-order chi connectivity index (χ1) is 8.13. The van der Waals surface area contributed by atoms with Crippen molar-refractivity contribution in [1.29, 1.82) is 0 Å². The number of carboxylic acids is 1. The average Bonchev–Trinajstić information content (AvgIpc) is 2.91. The lowest BCUT2D eigenvalue weighted by Crippen LogP contribution is -2.04. The second-order valence-corrected chi connectivity index (χ2v) is 5.53. The molecule has 0 saturated heterocycles. The van der Waals surface area contributed by atoms with Gasteiger partial charge in [0.2, 0.25) is 0 Å². The number of carboxylic acid groups (broad SMARTS) is 1. The zero-order valence-electron chi connectivity index (χ0n) is 10.2. The predicted molar refractivity (Wildman–Crippen MR) is 67.4 cm³/mol. The third-order valence-corrected chi connectivity index (χ3v) is 4.10. The molecule has 1 aromatic rings. The maximum atomic E-state index is 10.6. The van der Waals surface area contributed by atoms with E-state index in [9.17, 15) is 4.79 Å². The first kappa shape index (κ1) is 12.5. The first-order valence-corrected chi connectivity index (χ1v) is 7.00. The SMILES string of the molecule is CCCC1CC1n1c(C)cnc1SCC(=O)O. The molecular formula is C12H18N2O2S. The summed E-state index contributed by atoms with van der Waals surface area (Å²) in [7, 11) is 0. The summed E-state index contributed by atoms with van der Waals surface area (Å²) in [4.78, 5) is 14.9. The van der Waals surface area contributed by atoms with E-state index in [0.29, 0.717) is 6.04 Å². The van der Waals surface area contributed by atoms with Gasteiger partial charge in [0, 0.05) is 17.9 Å². The Kier molecular flexibility index (Phi) is 3.76. The second kappa shape index (κ2) is 5.12. The number of rotatable bonds is 6. The third-order valence-electron chi connectivity index (χ3n) is 3.15. The molecule has 1 aromatic heterocycles. The van der Waals surface area contributed by atoms with Crippen LogP contribution in [0, 0.1) is 12.8 Å². The third kappa shape index (κ3) is 2.83. The van der Waals surface area contributed by atoms with Crippen LogP contribution in [-0.2, 0) is 4.79 Å². The minimum absolute atomic E-state index is 0.0849. The number of nitrogens with zero attached hydrogens (tertiary/aromatic N) is 2. The summed E-state index contributed by atoms with van der Waals surface area (Å²) in [6, 6.07) is 0.550. The van der Waals surface area contributed by atoms with Gasteiger partial charge in [-0.1, -0.05) is 25.1 Å². The van der Waals surface area contributed by atoms with Gasteiger partial charge in [0.15, 0.2) is 5.16 Å². The van der Waals surface area contributed by atoms with E-state index < -0.39 is 5.97 Å². The van der Waals surface area contributed by atoms with Crippen LogP contribution in [0.1, 0.15) is 37.9 Å². The van der Waals surface area contributed by atoms with E-state index in [1.165, 1.54) is 31.0 Å². The Morgan fingerprint density at radius 1 is 1.71 bits per heavy atom. The number of imidazole rings is 1. The Hall–Kier alpha value is -0.970. The molecule has 0 aliphatic heterocycles. The average molecular weight is 254 g/mol. The van der Waals surface area contributed by atoms with Gasteiger partial charge in [-0.3, -0.25) is 4.79 Å². The maximum absolute atomic E-state index is 10.6. The molecule has 1 saturated carbocycles. The lowest BCUT2D eigenvalue weighted by Gasteiger charge is -2.08. The predicted octanol–water partition coefficient (Wildman–Crippen LogP) is 2.73. The minimum Gasteiger partial charge on any atom is -0.481 e. The number of carbonyl (C=O) groups is 1. The van der Waals surface area contributed by atoms with Gasteiger partial charge in [-0.25, -0.2) is 4.98 Å². The fourth-order valence-corrected chi connectivity index (χ4v) is 3.09. The van der Waals surface area contributed by atoms with Crippen molar-refractivity contribution in [3.05, 3.63) is 11.9 Å². The maximum Gasteiger partial charge on any atom is 0.313 e. The lowest BCUT2D eigenvalue weighted by atomic mass is 10.2. The molecule has 2 atom stereocenters. The molecular weight excluding hydrogens is 236 g/mol. The Balaban J connectivity index is 2.06. The summed E-state index contributed by atoms with van der Waals surface area (Å²) in [6.45, 7) is 4.25. The van der Waals surface area contributed by atoms with Crippen LogP contribution in [0.15, 0.2) is 11.4 Å². The molecule has 94 valence electrons. The quantitative estimate of drug-likeness (QED) is 0.793. The van der Waals surface area contributed by atoms with Crippen LogP contribution in [-0.4, -0.2) is 26.4 Å². The van der Waals surface area contributed by atoms with E-state index >= 15 is 0 Å². The van der Waals surface area contributed by atoms with Gasteiger partial charge in [0.1, 0.15) is 0 Å².